The minimum atomic E-state index is 0.643. The average Bonchev–Trinajstić information content (AvgIpc) is 2.58. The van der Waals surface area contributed by atoms with E-state index in [1.54, 1.807) is 10.4 Å². The minimum absolute atomic E-state index is 0.643. The summed E-state index contributed by atoms with van der Waals surface area (Å²) in [4.78, 5) is 4.19. The Morgan fingerprint density at radius 3 is 3.31 bits per heavy atom. The topological polar surface area (TPSA) is 3.24 Å². The molecule has 0 saturated carbocycles. The van der Waals surface area contributed by atoms with Crippen molar-refractivity contribution in [3.63, 3.8) is 0 Å². The summed E-state index contributed by atoms with van der Waals surface area (Å²) in [7, 11) is 0. The van der Waals surface area contributed by atoms with Crippen LogP contribution in [-0.4, -0.2) is 22.4 Å². The maximum absolute atomic E-state index is 2.58. The van der Waals surface area contributed by atoms with Crippen molar-refractivity contribution in [1.82, 2.24) is 4.90 Å². The summed E-state index contributed by atoms with van der Waals surface area (Å²) in [6.07, 6.45) is 1.26. The van der Waals surface area contributed by atoms with Gasteiger partial charge in [-0.3, -0.25) is 4.90 Å². The predicted molar refractivity (Wildman–Crippen MR) is 66.9 cm³/mol. The molecule has 0 amide bonds. The van der Waals surface area contributed by atoms with Crippen molar-refractivity contribution in [3.05, 3.63) is 21.9 Å². The first-order valence-electron chi connectivity index (χ1n) is 4.69. The van der Waals surface area contributed by atoms with E-state index in [1.165, 1.54) is 23.9 Å². The van der Waals surface area contributed by atoms with Crippen LogP contribution in [0.15, 0.2) is 11.4 Å². The quantitative estimate of drug-likeness (QED) is 0.599. The highest BCUT2D eigenvalue weighted by molar-refractivity contribution is 14.1. The lowest BCUT2D eigenvalue weighted by Crippen LogP contribution is -2.34. The van der Waals surface area contributed by atoms with Gasteiger partial charge in [0.15, 0.2) is 0 Å². The van der Waals surface area contributed by atoms with Crippen molar-refractivity contribution in [2.45, 2.75) is 19.4 Å². The molecule has 2 rings (SSSR count). The number of hydrogen-bond donors (Lipinski definition) is 0. The van der Waals surface area contributed by atoms with Gasteiger partial charge in [-0.2, -0.15) is 0 Å². The molecule has 0 fully saturated rings. The van der Waals surface area contributed by atoms with Gasteiger partial charge in [-0.05, 0) is 30.4 Å². The van der Waals surface area contributed by atoms with Gasteiger partial charge in [-0.15, -0.1) is 11.3 Å². The standard InChI is InChI=1S/C10H14INS/c1-8-9-3-7-13-10(9)2-5-12(8)6-4-11/h3,7-8H,2,4-6H2,1H3. The minimum Gasteiger partial charge on any atom is -0.295 e. The van der Waals surface area contributed by atoms with Crippen LogP contribution in [0.4, 0.5) is 0 Å². The molecule has 1 aliphatic rings. The number of fused-ring (bicyclic) bond motifs is 1. The highest BCUT2D eigenvalue weighted by Gasteiger charge is 2.23. The maximum atomic E-state index is 2.58. The largest absolute Gasteiger partial charge is 0.295 e. The molecule has 1 nitrogen and oxygen atoms in total. The van der Waals surface area contributed by atoms with Crippen LogP contribution in [-0.2, 0) is 6.42 Å². The van der Waals surface area contributed by atoms with Gasteiger partial charge in [0.2, 0.25) is 0 Å². The van der Waals surface area contributed by atoms with Gasteiger partial charge in [0.1, 0.15) is 0 Å². The zero-order valence-corrected chi connectivity index (χ0v) is 10.8. The molecule has 0 radical (unpaired) electrons. The van der Waals surface area contributed by atoms with Gasteiger partial charge in [0.05, 0.1) is 0 Å². The van der Waals surface area contributed by atoms with Crippen LogP contribution >= 0.6 is 33.9 Å². The summed E-state index contributed by atoms with van der Waals surface area (Å²) in [6.45, 7) is 4.81. The van der Waals surface area contributed by atoms with Gasteiger partial charge in [0.25, 0.3) is 0 Å². The van der Waals surface area contributed by atoms with Crippen molar-refractivity contribution in [2.24, 2.45) is 0 Å². The molecule has 0 aliphatic carbocycles. The first kappa shape index (κ1) is 9.93. The molecule has 13 heavy (non-hydrogen) atoms. The zero-order valence-electron chi connectivity index (χ0n) is 7.79. The molecule has 1 aromatic heterocycles. The summed E-state index contributed by atoms with van der Waals surface area (Å²) < 4.78 is 1.24. The van der Waals surface area contributed by atoms with Crippen molar-refractivity contribution in [2.75, 3.05) is 17.5 Å². The fraction of sp³-hybridized carbons (Fsp3) is 0.600. The number of rotatable bonds is 2. The molecule has 2 heterocycles. The first-order valence-corrected chi connectivity index (χ1v) is 7.09. The van der Waals surface area contributed by atoms with Gasteiger partial charge >= 0.3 is 0 Å². The second kappa shape index (κ2) is 4.28. The van der Waals surface area contributed by atoms with Gasteiger partial charge in [0, 0.05) is 28.4 Å². The molecule has 0 N–H and O–H groups in total. The third kappa shape index (κ3) is 1.92. The lowest BCUT2D eigenvalue weighted by Gasteiger charge is -2.32. The molecule has 1 unspecified atom stereocenters. The molecular formula is C10H14INS. The lowest BCUT2D eigenvalue weighted by molar-refractivity contribution is 0.215. The van der Waals surface area contributed by atoms with E-state index in [0.717, 1.165) is 0 Å². The Hall–Kier alpha value is 0.390. The fourth-order valence-corrected chi connectivity index (χ4v) is 3.56. The maximum Gasteiger partial charge on any atom is 0.0331 e. The Bertz CT molecular complexity index is 284. The molecule has 3 heteroatoms. The lowest BCUT2D eigenvalue weighted by atomic mass is 10.0. The molecule has 1 aliphatic heterocycles. The summed E-state index contributed by atoms with van der Waals surface area (Å²) in [5.74, 6) is 0. The SMILES string of the molecule is CC1c2ccsc2CCN1CCI. The molecule has 0 spiro atoms. The van der Waals surface area contributed by atoms with Crippen LogP contribution in [0.2, 0.25) is 0 Å². The number of hydrogen-bond acceptors (Lipinski definition) is 2. The van der Waals surface area contributed by atoms with E-state index in [4.69, 9.17) is 0 Å². The van der Waals surface area contributed by atoms with Crippen molar-refractivity contribution >= 4 is 33.9 Å². The normalized spacial score (nSPS) is 23.1. The summed E-state index contributed by atoms with van der Waals surface area (Å²) in [5.41, 5.74) is 1.57. The van der Waals surface area contributed by atoms with E-state index < -0.39 is 0 Å². The summed E-state index contributed by atoms with van der Waals surface area (Å²) in [5, 5.41) is 2.23. The van der Waals surface area contributed by atoms with Gasteiger partial charge < -0.3 is 0 Å². The highest BCUT2D eigenvalue weighted by Crippen LogP contribution is 2.32. The van der Waals surface area contributed by atoms with Crippen LogP contribution in [0.25, 0.3) is 0 Å². The monoisotopic (exact) mass is 307 g/mol. The molecule has 0 bridgehead atoms. The number of halogens is 1. The highest BCUT2D eigenvalue weighted by atomic mass is 127. The Morgan fingerprint density at radius 2 is 2.54 bits per heavy atom. The number of thiophene rings is 1. The Kier molecular flexibility index (Phi) is 3.26. The smallest absolute Gasteiger partial charge is 0.0331 e. The Labute approximate surface area is 97.3 Å². The molecule has 1 aromatic rings. The van der Waals surface area contributed by atoms with Crippen molar-refractivity contribution < 1.29 is 0 Å². The van der Waals surface area contributed by atoms with E-state index in [-0.39, 0.29) is 0 Å². The Balaban J connectivity index is 2.17. The molecule has 72 valence electrons. The molecule has 0 aromatic carbocycles. The summed E-state index contributed by atoms with van der Waals surface area (Å²) >= 11 is 4.38. The van der Waals surface area contributed by atoms with Crippen LogP contribution < -0.4 is 0 Å². The second-order valence-corrected chi connectivity index (χ2v) is 5.53. The summed E-state index contributed by atoms with van der Waals surface area (Å²) in [6, 6.07) is 2.94. The second-order valence-electron chi connectivity index (χ2n) is 3.45. The third-order valence-electron chi connectivity index (χ3n) is 2.78. The molecule has 1 atom stereocenters. The molecular weight excluding hydrogens is 293 g/mol. The van der Waals surface area contributed by atoms with Crippen LogP contribution in [0.5, 0.6) is 0 Å². The van der Waals surface area contributed by atoms with Crippen molar-refractivity contribution in [1.29, 1.82) is 0 Å². The third-order valence-corrected chi connectivity index (χ3v) is 4.25. The van der Waals surface area contributed by atoms with Gasteiger partial charge in [-0.25, -0.2) is 0 Å². The number of alkyl halides is 1. The van der Waals surface area contributed by atoms with Crippen LogP contribution in [0, 0.1) is 0 Å². The Morgan fingerprint density at radius 1 is 1.69 bits per heavy atom. The van der Waals surface area contributed by atoms with Crippen LogP contribution in [0.1, 0.15) is 23.4 Å². The number of nitrogens with zero attached hydrogens (tertiary/aromatic N) is 1. The average molecular weight is 307 g/mol. The van der Waals surface area contributed by atoms with E-state index >= 15 is 0 Å². The predicted octanol–water partition coefficient (Wildman–Crippen LogP) is 3.10. The zero-order chi connectivity index (χ0) is 9.26. The fourth-order valence-electron chi connectivity index (χ4n) is 1.98. The van der Waals surface area contributed by atoms with Gasteiger partial charge in [-0.1, -0.05) is 22.6 Å². The van der Waals surface area contributed by atoms with Crippen molar-refractivity contribution in [3.8, 4) is 0 Å². The molecule has 0 saturated heterocycles. The van der Waals surface area contributed by atoms with E-state index in [0.29, 0.717) is 6.04 Å². The van der Waals surface area contributed by atoms with E-state index in [2.05, 4.69) is 45.9 Å². The van der Waals surface area contributed by atoms with Crippen LogP contribution in [0.3, 0.4) is 0 Å². The van der Waals surface area contributed by atoms with E-state index in [1.807, 2.05) is 11.3 Å². The first-order chi connectivity index (χ1) is 6.33. The van der Waals surface area contributed by atoms with E-state index in [9.17, 15) is 0 Å².